The highest BCUT2D eigenvalue weighted by molar-refractivity contribution is 6.35. The Balaban J connectivity index is 1.48. The lowest BCUT2D eigenvalue weighted by atomic mass is 9.93. The van der Waals surface area contributed by atoms with E-state index in [-0.39, 0.29) is 5.91 Å². The van der Waals surface area contributed by atoms with Gasteiger partial charge in [-0.15, -0.1) is 0 Å². The Hall–Kier alpha value is -4.13. The molecule has 4 aromatic rings. The molecule has 0 fully saturated rings. The van der Waals surface area contributed by atoms with Crippen LogP contribution in [0.15, 0.2) is 42.7 Å². The van der Waals surface area contributed by atoms with E-state index in [9.17, 15) is 4.79 Å². The number of aryl methyl sites for hydroxylation is 1. The van der Waals surface area contributed by atoms with Crippen LogP contribution in [0.25, 0.3) is 33.8 Å². The molecule has 0 bridgehead atoms. The van der Waals surface area contributed by atoms with Crippen molar-refractivity contribution in [2.75, 3.05) is 23.8 Å². The first-order valence-corrected chi connectivity index (χ1v) is 10.6. The van der Waals surface area contributed by atoms with Crippen LogP contribution in [0.3, 0.4) is 0 Å². The second-order valence-corrected chi connectivity index (χ2v) is 8.14. The fourth-order valence-corrected chi connectivity index (χ4v) is 4.48. The zero-order valence-corrected chi connectivity index (χ0v) is 17.7. The van der Waals surface area contributed by atoms with Gasteiger partial charge in [-0.3, -0.25) is 9.78 Å². The second-order valence-electron chi connectivity index (χ2n) is 8.14. The number of pyridine rings is 2. The summed E-state index contributed by atoms with van der Waals surface area (Å²) in [6.45, 7) is 5.49. The summed E-state index contributed by atoms with van der Waals surface area (Å²) in [5.74, 6) is 0.527. The Bertz CT molecular complexity index is 1420. The maximum Gasteiger partial charge on any atom is 0.256 e. The van der Waals surface area contributed by atoms with Crippen LogP contribution < -0.4 is 15.4 Å². The lowest BCUT2D eigenvalue weighted by Gasteiger charge is -2.22. The molecular formula is C25H21N5O2. The highest BCUT2D eigenvalue weighted by Gasteiger charge is 2.27. The highest BCUT2D eigenvalue weighted by Crippen LogP contribution is 2.41. The number of ether oxygens (including phenoxy) is 1. The number of anilines is 2. The van der Waals surface area contributed by atoms with Gasteiger partial charge < -0.3 is 20.4 Å². The number of H-pyrrole nitrogens is 1. The number of rotatable bonds is 2. The molecule has 7 nitrogen and oxygen atoms in total. The first-order chi connectivity index (χ1) is 15.6. The zero-order valence-electron chi connectivity index (χ0n) is 17.7. The van der Waals surface area contributed by atoms with Crippen LogP contribution in [0.4, 0.5) is 11.4 Å². The molecule has 0 atom stereocenters. The maximum atomic E-state index is 12.8. The van der Waals surface area contributed by atoms with Crippen LogP contribution in [0.2, 0.25) is 0 Å². The average molecular weight is 423 g/mol. The van der Waals surface area contributed by atoms with Gasteiger partial charge in [-0.05, 0) is 66.9 Å². The predicted octanol–water partition coefficient (Wildman–Crippen LogP) is 4.54. The van der Waals surface area contributed by atoms with E-state index in [0.29, 0.717) is 18.1 Å². The van der Waals surface area contributed by atoms with E-state index >= 15 is 0 Å². The molecule has 1 aromatic carbocycles. The summed E-state index contributed by atoms with van der Waals surface area (Å²) in [6, 6.07) is 9.91. The molecule has 158 valence electrons. The fourth-order valence-electron chi connectivity index (χ4n) is 4.48. The van der Waals surface area contributed by atoms with Crippen LogP contribution >= 0.6 is 0 Å². The minimum atomic E-state index is -0.112. The molecule has 5 heterocycles. The Kier molecular flexibility index (Phi) is 4.04. The molecule has 0 saturated heterocycles. The minimum Gasteiger partial charge on any atom is -0.474 e. The number of hydrogen-bond donors (Lipinski definition) is 3. The normalized spacial score (nSPS) is 15.8. The Morgan fingerprint density at radius 2 is 2.00 bits per heavy atom. The first-order valence-electron chi connectivity index (χ1n) is 10.6. The SMILES string of the molecule is Cc1cc2c(cc1-c1cnc3c(c1C)NCCO3)C(=Cc1cc3ncccc3[nH]1)C(=O)N2. The predicted molar refractivity (Wildman–Crippen MR) is 126 cm³/mol. The summed E-state index contributed by atoms with van der Waals surface area (Å²) in [7, 11) is 0. The number of hydrogen-bond acceptors (Lipinski definition) is 5. The van der Waals surface area contributed by atoms with Gasteiger partial charge in [0.05, 0.1) is 16.6 Å². The van der Waals surface area contributed by atoms with Gasteiger partial charge in [-0.2, -0.15) is 0 Å². The number of benzene rings is 1. The van der Waals surface area contributed by atoms with Crippen molar-refractivity contribution in [3.63, 3.8) is 0 Å². The van der Waals surface area contributed by atoms with Crippen LogP contribution in [-0.4, -0.2) is 34.0 Å². The van der Waals surface area contributed by atoms with Crippen molar-refractivity contribution in [1.29, 1.82) is 0 Å². The van der Waals surface area contributed by atoms with E-state index in [1.165, 1.54) is 0 Å². The maximum absolute atomic E-state index is 12.8. The number of aromatic amines is 1. The molecule has 0 aliphatic carbocycles. The summed E-state index contributed by atoms with van der Waals surface area (Å²) in [6.07, 6.45) is 5.50. The van der Waals surface area contributed by atoms with E-state index in [0.717, 1.165) is 62.5 Å². The van der Waals surface area contributed by atoms with Crippen LogP contribution in [-0.2, 0) is 4.79 Å². The lowest BCUT2D eigenvalue weighted by molar-refractivity contribution is -0.110. The molecule has 7 heteroatoms. The molecular weight excluding hydrogens is 402 g/mol. The zero-order chi connectivity index (χ0) is 21.8. The van der Waals surface area contributed by atoms with Gasteiger partial charge in [-0.25, -0.2) is 4.98 Å². The summed E-state index contributed by atoms with van der Waals surface area (Å²) < 4.78 is 5.68. The molecule has 0 saturated carbocycles. The average Bonchev–Trinajstić information content (AvgIpc) is 3.34. The third-order valence-corrected chi connectivity index (χ3v) is 6.09. The number of amides is 1. The van der Waals surface area contributed by atoms with Crippen molar-refractivity contribution in [2.45, 2.75) is 13.8 Å². The number of nitrogens with zero attached hydrogens (tertiary/aromatic N) is 2. The van der Waals surface area contributed by atoms with Gasteiger partial charge in [0, 0.05) is 41.4 Å². The molecule has 2 aliphatic heterocycles. The van der Waals surface area contributed by atoms with E-state index in [1.807, 2.05) is 36.5 Å². The van der Waals surface area contributed by atoms with E-state index in [2.05, 4.69) is 45.5 Å². The molecule has 6 rings (SSSR count). The standard InChI is InChI=1S/C25H21N5O2/c1-13-8-21-17(11-16(13)19-12-28-25-23(14(19)2)27-6-7-32-25)18(24(31)30-21)9-15-10-22-20(29-15)4-3-5-26-22/h3-5,8-12,27,29H,6-7H2,1-2H3,(H,30,31). The van der Waals surface area contributed by atoms with Gasteiger partial charge in [0.1, 0.15) is 12.3 Å². The summed E-state index contributed by atoms with van der Waals surface area (Å²) in [4.78, 5) is 25.0. The Labute approximate surface area is 184 Å². The molecule has 0 unspecified atom stereocenters. The van der Waals surface area contributed by atoms with Crippen molar-refractivity contribution in [2.24, 2.45) is 0 Å². The molecule has 2 aliphatic rings. The van der Waals surface area contributed by atoms with Gasteiger partial charge in [0.15, 0.2) is 0 Å². The van der Waals surface area contributed by atoms with Crippen molar-refractivity contribution in [1.82, 2.24) is 15.0 Å². The largest absolute Gasteiger partial charge is 0.474 e. The number of fused-ring (bicyclic) bond motifs is 3. The number of carbonyl (C=O) groups is 1. The molecule has 32 heavy (non-hydrogen) atoms. The molecule has 1 amide bonds. The van der Waals surface area contributed by atoms with Gasteiger partial charge in [0.2, 0.25) is 5.88 Å². The third-order valence-electron chi connectivity index (χ3n) is 6.09. The Morgan fingerprint density at radius 1 is 1.09 bits per heavy atom. The van der Waals surface area contributed by atoms with Gasteiger partial charge in [0.25, 0.3) is 5.91 Å². The van der Waals surface area contributed by atoms with Gasteiger partial charge >= 0.3 is 0 Å². The van der Waals surface area contributed by atoms with Crippen molar-refractivity contribution >= 4 is 40.0 Å². The van der Waals surface area contributed by atoms with Crippen LogP contribution in [0.5, 0.6) is 5.88 Å². The second kappa shape index (κ2) is 6.95. The number of aromatic nitrogens is 3. The monoisotopic (exact) mass is 423 g/mol. The smallest absolute Gasteiger partial charge is 0.256 e. The topological polar surface area (TPSA) is 91.9 Å². The quantitative estimate of drug-likeness (QED) is 0.412. The molecule has 3 N–H and O–H groups in total. The third kappa shape index (κ3) is 2.85. The summed E-state index contributed by atoms with van der Waals surface area (Å²) in [5, 5.41) is 6.40. The van der Waals surface area contributed by atoms with Gasteiger partial charge in [-0.1, -0.05) is 0 Å². The molecule has 0 radical (unpaired) electrons. The summed E-state index contributed by atoms with van der Waals surface area (Å²) in [5.41, 5.74) is 10.1. The van der Waals surface area contributed by atoms with Crippen molar-refractivity contribution < 1.29 is 9.53 Å². The first kappa shape index (κ1) is 18.6. The van der Waals surface area contributed by atoms with Crippen molar-refractivity contribution in [3.8, 4) is 17.0 Å². The molecule has 0 spiro atoms. The Morgan fingerprint density at radius 3 is 2.88 bits per heavy atom. The molecule has 3 aromatic heterocycles. The summed E-state index contributed by atoms with van der Waals surface area (Å²) >= 11 is 0. The number of carbonyl (C=O) groups excluding carboxylic acids is 1. The van der Waals surface area contributed by atoms with Crippen LogP contribution in [0.1, 0.15) is 22.4 Å². The van der Waals surface area contributed by atoms with Crippen LogP contribution in [0, 0.1) is 13.8 Å². The van der Waals surface area contributed by atoms with Crippen molar-refractivity contribution in [3.05, 3.63) is 65.1 Å². The minimum absolute atomic E-state index is 0.112. The highest BCUT2D eigenvalue weighted by atomic mass is 16.5. The fraction of sp³-hybridized carbons (Fsp3) is 0.160. The lowest BCUT2D eigenvalue weighted by Crippen LogP contribution is -2.20. The van der Waals surface area contributed by atoms with E-state index in [4.69, 9.17) is 4.74 Å². The van der Waals surface area contributed by atoms with E-state index in [1.54, 1.807) is 6.20 Å². The number of nitrogens with one attached hydrogen (secondary N) is 3. The van der Waals surface area contributed by atoms with E-state index < -0.39 is 0 Å².